The van der Waals surface area contributed by atoms with Crippen LogP contribution in [0.25, 0.3) is 0 Å². The minimum absolute atomic E-state index is 0.0442. The zero-order valence-corrected chi connectivity index (χ0v) is 12.8. The number of furan rings is 1. The summed E-state index contributed by atoms with van der Waals surface area (Å²) in [4.78, 5) is 25.7. The maximum atomic E-state index is 12.1. The molecule has 0 radical (unpaired) electrons. The van der Waals surface area contributed by atoms with Crippen LogP contribution >= 0.6 is 0 Å². The van der Waals surface area contributed by atoms with E-state index >= 15 is 0 Å². The van der Waals surface area contributed by atoms with Crippen LogP contribution in [0.5, 0.6) is 0 Å². The minimum Gasteiger partial charge on any atom is -0.467 e. The molecule has 2 aromatic rings. The quantitative estimate of drug-likeness (QED) is 0.891. The van der Waals surface area contributed by atoms with Gasteiger partial charge in [0.25, 0.3) is 5.91 Å². The van der Waals surface area contributed by atoms with Gasteiger partial charge < -0.3 is 14.6 Å². The fourth-order valence-corrected chi connectivity index (χ4v) is 2.09. The van der Waals surface area contributed by atoms with Gasteiger partial charge in [-0.25, -0.2) is 0 Å². The lowest BCUT2D eigenvalue weighted by Crippen LogP contribution is -2.37. The Morgan fingerprint density at radius 2 is 1.91 bits per heavy atom. The van der Waals surface area contributed by atoms with Crippen LogP contribution in [0.1, 0.15) is 29.5 Å². The molecule has 0 saturated carbocycles. The Labute approximate surface area is 129 Å². The molecule has 1 atom stereocenters. The van der Waals surface area contributed by atoms with E-state index in [1.165, 1.54) is 0 Å². The molecule has 2 rings (SSSR count). The van der Waals surface area contributed by atoms with Gasteiger partial charge in [-0.3, -0.25) is 9.59 Å². The van der Waals surface area contributed by atoms with Gasteiger partial charge in [0.2, 0.25) is 5.91 Å². The van der Waals surface area contributed by atoms with Crippen molar-refractivity contribution in [2.45, 2.75) is 25.9 Å². The van der Waals surface area contributed by atoms with Crippen LogP contribution < -0.4 is 5.32 Å². The van der Waals surface area contributed by atoms with E-state index in [0.717, 1.165) is 5.76 Å². The molecule has 0 aliphatic carbocycles. The van der Waals surface area contributed by atoms with E-state index in [1.54, 1.807) is 36.4 Å². The van der Waals surface area contributed by atoms with Gasteiger partial charge in [-0.05, 0) is 31.2 Å². The molecule has 0 aliphatic heterocycles. The van der Waals surface area contributed by atoms with Crippen molar-refractivity contribution in [1.82, 2.24) is 10.2 Å². The molecule has 5 heteroatoms. The van der Waals surface area contributed by atoms with E-state index in [9.17, 15) is 9.59 Å². The fourth-order valence-electron chi connectivity index (χ4n) is 2.09. The molecule has 1 heterocycles. The highest BCUT2D eigenvalue weighted by atomic mass is 16.3. The third-order valence-electron chi connectivity index (χ3n) is 3.29. The first-order chi connectivity index (χ1) is 10.6. The maximum absolute atomic E-state index is 12.1. The van der Waals surface area contributed by atoms with E-state index < -0.39 is 0 Å². The Morgan fingerprint density at radius 1 is 1.18 bits per heavy atom. The Kier molecular flexibility index (Phi) is 5.36. The molecule has 2 amide bonds. The Bertz CT molecular complexity index is 608. The lowest BCUT2D eigenvalue weighted by molar-refractivity contribution is -0.131. The monoisotopic (exact) mass is 300 g/mol. The molecule has 116 valence electrons. The van der Waals surface area contributed by atoms with Crippen LogP contribution in [0.15, 0.2) is 53.1 Å². The predicted molar refractivity (Wildman–Crippen MR) is 83.2 cm³/mol. The molecule has 0 spiro atoms. The standard InChI is InChI=1S/C17H20N2O3/c1-13(18-17(21)14-7-4-3-5-8-14)11-16(20)19(2)12-15-9-6-10-22-15/h3-10,13H,11-12H2,1-2H3,(H,18,21). The van der Waals surface area contributed by atoms with Crippen molar-refractivity contribution in [3.63, 3.8) is 0 Å². The van der Waals surface area contributed by atoms with Crippen molar-refractivity contribution in [3.8, 4) is 0 Å². The van der Waals surface area contributed by atoms with Crippen LogP contribution in [0.3, 0.4) is 0 Å². The highest BCUT2D eigenvalue weighted by molar-refractivity contribution is 5.94. The highest BCUT2D eigenvalue weighted by Crippen LogP contribution is 2.07. The summed E-state index contributed by atoms with van der Waals surface area (Å²) in [6, 6.07) is 12.3. The third-order valence-corrected chi connectivity index (χ3v) is 3.29. The van der Waals surface area contributed by atoms with E-state index in [0.29, 0.717) is 12.1 Å². The number of carbonyl (C=O) groups excluding carboxylic acids is 2. The Morgan fingerprint density at radius 3 is 2.55 bits per heavy atom. The van der Waals surface area contributed by atoms with E-state index in [4.69, 9.17) is 4.42 Å². The summed E-state index contributed by atoms with van der Waals surface area (Å²) in [7, 11) is 1.72. The molecule has 22 heavy (non-hydrogen) atoms. The third kappa shape index (κ3) is 4.48. The number of amides is 2. The molecule has 1 aromatic heterocycles. The minimum atomic E-state index is -0.237. The first-order valence-electron chi connectivity index (χ1n) is 7.18. The summed E-state index contributed by atoms with van der Waals surface area (Å²) in [6.45, 7) is 2.24. The zero-order valence-electron chi connectivity index (χ0n) is 12.8. The van der Waals surface area contributed by atoms with Crippen molar-refractivity contribution in [2.75, 3.05) is 7.05 Å². The highest BCUT2D eigenvalue weighted by Gasteiger charge is 2.16. The summed E-state index contributed by atoms with van der Waals surface area (Å²) < 4.78 is 5.22. The van der Waals surface area contributed by atoms with Crippen molar-refractivity contribution in [1.29, 1.82) is 0 Å². The average molecular weight is 300 g/mol. The van der Waals surface area contributed by atoms with E-state index in [2.05, 4.69) is 5.32 Å². The lowest BCUT2D eigenvalue weighted by atomic mass is 10.1. The van der Waals surface area contributed by atoms with Crippen molar-refractivity contribution in [3.05, 3.63) is 60.1 Å². The number of carbonyl (C=O) groups is 2. The molecular weight excluding hydrogens is 280 g/mol. The molecule has 0 fully saturated rings. The maximum Gasteiger partial charge on any atom is 0.251 e. The number of nitrogens with one attached hydrogen (secondary N) is 1. The predicted octanol–water partition coefficient (Wildman–Crippen LogP) is 2.45. The van der Waals surface area contributed by atoms with Gasteiger partial charge in [-0.15, -0.1) is 0 Å². The second-order valence-electron chi connectivity index (χ2n) is 5.27. The van der Waals surface area contributed by atoms with E-state index in [1.807, 2.05) is 31.2 Å². The van der Waals surface area contributed by atoms with Gasteiger partial charge in [-0.1, -0.05) is 18.2 Å². The summed E-state index contributed by atoms with van der Waals surface area (Å²) in [5.41, 5.74) is 0.589. The molecule has 1 aromatic carbocycles. The van der Waals surface area contributed by atoms with Gasteiger partial charge >= 0.3 is 0 Å². The van der Waals surface area contributed by atoms with E-state index in [-0.39, 0.29) is 24.3 Å². The Balaban J connectivity index is 1.82. The lowest BCUT2D eigenvalue weighted by Gasteiger charge is -2.19. The van der Waals surface area contributed by atoms with Gasteiger partial charge in [0, 0.05) is 25.1 Å². The summed E-state index contributed by atoms with van der Waals surface area (Å²) in [5.74, 6) is 0.517. The van der Waals surface area contributed by atoms with Crippen molar-refractivity contribution >= 4 is 11.8 Å². The number of hydrogen-bond acceptors (Lipinski definition) is 3. The van der Waals surface area contributed by atoms with Crippen LogP contribution in [0, 0.1) is 0 Å². The number of hydrogen-bond donors (Lipinski definition) is 1. The largest absolute Gasteiger partial charge is 0.467 e. The van der Waals surface area contributed by atoms with Crippen LogP contribution in [0.2, 0.25) is 0 Å². The molecule has 1 unspecified atom stereocenters. The van der Waals surface area contributed by atoms with Gasteiger partial charge in [0.1, 0.15) is 5.76 Å². The molecule has 0 saturated heterocycles. The van der Waals surface area contributed by atoms with Crippen LogP contribution in [0.4, 0.5) is 0 Å². The smallest absolute Gasteiger partial charge is 0.251 e. The molecule has 0 bridgehead atoms. The Hall–Kier alpha value is -2.56. The number of rotatable bonds is 6. The summed E-state index contributed by atoms with van der Waals surface area (Å²) >= 11 is 0. The summed E-state index contributed by atoms with van der Waals surface area (Å²) in [6.07, 6.45) is 1.83. The average Bonchev–Trinajstić information content (AvgIpc) is 3.00. The number of nitrogens with zero attached hydrogens (tertiary/aromatic N) is 1. The van der Waals surface area contributed by atoms with Crippen molar-refractivity contribution < 1.29 is 14.0 Å². The van der Waals surface area contributed by atoms with Crippen LogP contribution in [-0.4, -0.2) is 29.8 Å². The fraction of sp³-hybridized carbons (Fsp3) is 0.294. The normalized spacial score (nSPS) is 11.7. The first kappa shape index (κ1) is 15.8. The zero-order chi connectivity index (χ0) is 15.9. The molecular formula is C17H20N2O3. The number of benzene rings is 1. The molecule has 0 aliphatic rings. The van der Waals surface area contributed by atoms with Gasteiger partial charge in [-0.2, -0.15) is 0 Å². The van der Waals surface area contributed by atoms with Gasteiger partial charge in [0.05, 0.1) is 12.8 Å². The summed E-state index contributed by atoms with van der Waals surface area (Å²) in [5, 5.41) is 2.83. The molecule has 5 nitrogen and oxygen atoms in total. The first-order valence-corrected chi connectivity index (χ1v) is 7.18. The second kappa shape index (κ2) is 7.45. The van der Waals surface area contributed by atoms with Crippen LogP contribution in [-0.2, 0) is 11.3 Å². The van der Waals surface area contributed by atoms with Gasteiger partial charge in [0.15, 0.2) is 0 Å². The topological polar surface area (TPSA) is 62.6 Å². The SMILES string of the molecule is CC(CC(=O)N(C)Cc1ccco1)NC(=O)c1ccccc1. The molecule has 1 N–H and O–H groups in total. The van der Waals surface area contributed by atoms with Crippen molar-refractivity contribution in [2.24, 2.45) is 0 Å². The second-order valence-corrected chi connectivity index (χ2v) is 5.27.